The maximum Gasteiger partial charge on any atom is 0.226 e. The molecule has 1 aromatic rings. The van der Waals surface area contributed by atoms with E-state index in [1.54, 1.807) is 0 Å². The smallest absolute Gasteiger partial charge is 0.226 e. The van der Waals surface area contributed by atoms with Crippen LogP contribution in [0.25, 0.3) is 0 Å². The minimum atomic E-state index is 0.222. The van der Waals surface area contributed by atoms with Crippen molar-refractivity contribution in [3.05, 3.63) is 47.5 Å². The number of hydrogen-bond donors (Lipinski definition) is 0. The molecule has 1 aliphatic carbocycles. The highest BCUT2D eigenvalue weighted by molar-refractivity contribution is 5.79. The van der Waals surface area contributed by atoms with Crippen LogP contribution < -0.4 is 0 Å². The van der Waals surface area contributed by atoms with Crippen LogP contribution in [0.15, 0.2) is 36.4 Å². The first kappa shape index (κ1) is 11.5. The Kier molecular flexibility index (Phi) is 3.18. The van der Waals surface area contributed by atoms with Crippen molar-refractivity contribution in [3.63, 3.8) is 0 Å². The summed E-state index contributed by atoms with van der Waals surface area (Å²) in [6.07, 6.45) is 8.36. The van der Waals surface area contributed by atoms with Crippen LogP contribution in [0, 0.1) is 5.92 Å². The van der Waals surface area contributed by atoms with Crippen molar-refractivity contribution in [2.24, 2.45) is 5.92 Å². The molecular weight excluding hydrogens is 222 g/mol. The first-order valence-corrected chi connectivity index (χ1v) is 6.85. The van der Waals surface area contributed by atoms with Gasteiger partial charge in [0, 0.05) is 19.0 Å². The quantitative estimate of drug-likeness (QED) is 0.692. The summed E-state index contributed by atoms with van der Waals surface area (Å²) in [4.78, 5) is 14.5. The fraction of sp³-hybridized carbons (Fsp3) is 0.438. The highest BCUT2D eigenvalue weighted by Crippen LogP contribution is 2.24. The molecule has 18 heavy (non-hydrogen) atoms. The van der Waals surface area contributed by atoms with E-state index >= 15 is 0 Å². The summed E-state index contributed by atoms with van der Waals surface area (Å²) in [5.41, 5.74) is 2.73. The average Bonchev–Trinajstić information content (AvgIpc) is 2.47. The summed E-state index contributed by atoms with van der Waals surface area (Å²) in [6.45, 7) is 1.69. The summed E-state index contributed by atoms with van der Waals surface area (Å²) in [5, 5.41) is 0. The highest BCUT2D eigenvalue weighted by atomic mass is 16.2. The zero-order valence-corrected chi connectivity index (χ0v) is 10.6. The fourth-order valence-corrected chi connectivity index (χ4v) is 2.96. The second kappa shape index (κ2) is 4.97. The van der Waals surface area contributed by atoms with Gasteiger partial charge in [0.25, 0.3) is 0 Å². The lowest BCUT2D eigenvalue weighted by Gasteiger charge is -2.32. The van der Waals surface area contributed by atoms with Crippen LogP contribution in [0.2, 0.25) is 0 Å². The zero-order chi connectivity index (χ0) is 12.4. The molecule has 0 saturated heterocycles. The van der Waals surface area contributed by atoms with Gasteiger partial charge in [-0.3, -0.25) is 4.79 Å². The third kappa shape index (κ3) is 2.20. The predicted octanol–water partition coefficient (Wildman–Crippen LogP) is 2.93. The number of amides is 1. The highest BCUT2D eigenvalue weighted by Gasteiger charge is 2.26. The van der Waals surface area contributed by atoms with Crippen LogP contribution in [0.1, 0.15) is 30.4 Å². The largest absolute Gasteiger partial charge is 0.338 e. The topological polar surface area (TPSA) is 20.3 Å². The van der Waals surface area contributed by atoms with Gasteiger partial charge >= 0.3 is 0 Å². The van der Waals surface area contributed by atoms with Crippen LogP contribution in [0.5, 0.6) is 0 Å². The summed E-state index contributed by atoms with van der Waals surface area (Å²) in [7, 11) is 0. The van der Waals surface area contributed by atoms with Gasteiger partial charge in [-0.1, -0.05) is 36.4 Å². The van der Waals surface area contributed by atoms with Crippen LogP contribution in [0.3, 0.4) is 0 Å². The van der Waals surface area contributed by atoms with Gasteiger partial charge in [0.05, 0.1) is 0 Å². The Balaban J connectivity index is 1.72. The number of allylic oxidation sites excluding steroid dienone is 2. The molecular formula is C16H19NO. The number of nitrogens with zero attached hydrogens (tertiary/aromatic N) is 1. The van der Waals surface area contributed by atoms with Crippen LogP contribution in [-0.2, 0) is 17.8 Å². The van der Waals surface area contributed by atoms with E-state index < -0.39 is 0 Å². The molecule has 0 saturated carbocycles. The first-order chi connectivity index (χ1) is 8.84. The number of carbonyl (C=O) groups is 1. The molecule has 0 unspecified atom stereocenters. The summed E-state index contributed by atoms with van der Waals surface area (Å²) in [5.74, 6) is 0.578. The number of fused-ring (bicyclic) bond motifs is 1. The van der Waals surface area contributed by atoms with Gasteiger partial charge in [-0.05, 0) is 36.8 Å². The number of benzene rings is 1. The van der Waals surface area contributed by atoms with Crippen LogP contribution in [-0.4, -0.2) is 17.4 Å². The monoisotopic (exact) mass is 241 g/mol. The van der Waals surface area contributed by atoms with E-state index in [2.05, 4.69) is 36.4 Å². The molecule has 0 N–H and O–H groups in total. The third-order valence-corrected chi connectivity index (χ3v) is 4.06. The van der Waals surface area contributed by atoms with Crippen molar-refractivity contribution in [2.75, 3.05) is 6.54 Å². The fourth-order valence-electron chi connectivity index (χ4n) is 2.96. The Hall–Kier alpha value is -1.57. The van der Waals surface area contributed by atoms with Crippen molar-refractivity contribution in [1.29, 1.82) is 0 Å². The molecule has 0 spiro atoms. The lowest BCUT2D eigenvalue weighted by Crippen LogP contribution is -2.40. The number of rotatable bonds is 1. The van der Waals surface area contributed by atoms with Crippen molar-refractivity contribution in [1.82, 2.24) is 4.90 Å². The molecule has 0 bridgehead atoms. The Morgan fingerprint density at radius 1 is 1.17 bits per heavy atom. The number of hydrogen-bond acceptors (Lipinski definition) is 1. The van der Waals surface area contributed by atoms with Crippen molar-refractivity contribution in [2.45, 2.75) is 32.2 Å². The van der Waals surface area contributed by atoms with Crippen LogP contribution >= 0.6 is 0 Å². The van der Waals surface area contributed by atoms with Gasteiger partial charge in [-0.2, -0.15) is 0 Å². The van der Waals surface area contributed by atoms with Crippen molar-refractivity contribution >= 4 is 5.91 Å². The molecule has 1 amide bonds. The molecule has 2 heteroatoms. The lowest BCUT2D eigenvalue weighted by molar-refractivity contribution is -0.136. The maximum absolute atomic E-state index is 12.5. The molecule has 1 atom stereocenters. The SMILES string of the molecule is O=C([C@@H]1CC=CCC1)N1CCc2ccccc2C1. The molecule has 1 heterocycles. The van der Waals surface area contributed by atoms with E-state index in [1.807, 2.05) is 4.90 Å². The molecule has 2 aliphatic rings. The third-order valence-electron chi connectivity index (χ3n) is 4.06. The Labute approximate surface area is 108 Å². The van der Waals surface area contributed by atoms with E-state index in [0.717, 1.165) is 38.8 Å². The maximum atomic E-state index is 12.5. The minimum absolute atomic E-state index is 0.222. The van der Waals surface area contributed by atoms with Gasteiger partial charge in [0.15, 0.2) is 0 Å². The summed E-state index contributed by atoms with van der Waals surface area (Å²) in [6, 6.07) is 8.48. The van der Waals surface area contributed by atoms with Crippen molar-refractivity contribution < 1.29 is 4.79 Å². The van der Waals surface area contributed by atoms with E-state index in [9.17, 15) is 4.79 Å². The van der Waals surface area contributed by atoms with Crippen LogP contribution in [0.4, 0.5) is 0 Å². The minimum Gasteiger partial charge on any atom is -0.338 e. The van der Waals surface area contributed by atoms with Gasteiger partial charge < -0.3 is 4.90 Å². The lowest BCUT2D eigenvalue weighted by atomic mass is 9.91. The van der Waals surface area contributed by atoms with E-state index in [1.165, 1.54) is 11.1 Å². The molecule has 94 valence electrons. The molecule has 1 aromatic carbocycles. The molecule has 0 fully saturated rings. The second-order valence-electron chi connectivity index (χ2n) is 5.26. The van der Waals surface area contributed by atoms with E-state index in [-0.39, 0.29) is 5.92 Å². The first-order valence-electron chi connectivity index (χ1n) is 6.85. The van der Waals surface area contributed by atoms with Gasteiger partial charge in [-0.15, -0.1) is 0 Å². The van der Waals surface area contributed by atoms with E-state index in [0.29, 0.717) is 5.91 Å². The normalized spacial score (nSPS) is 22.7. The summed E-state index contributed by atoms with van der Waals surface area (Å²) < 4.78 is 0. The van der Waals surface area contributed by atoms with Gasteiger partial charge in [-0.25, -0.2) is 0 Å². The molecule has 2 nitrogen and oxygen atoms in total. The summed E-state index contributed by atoms with van der Waals surface area (Å²) >= 11 is 0. The number of carbonyl (C=O) groups excluding carboxylic acids is 1. The molecule has 1 aliphatic heterocycles. The zero-order valence-electron chi connectivity index (χ0n) is 10.6. The molecule has 0 radical (unpaired) electrons. The second-order valence-corrected chi connectivity index (χ2v) is 5.26. The predicted molar refractivity (Wildman–Crippen MR) is 72.0 cm³/mol. The Morgan fingerprint density at radius 3 is 2.78 bits per heavy atom. The Morgan fingerprint density at radius 2 is 2.00 bits per heavy atom. The Bertz CT molecular complexity index is 478. The van der Waals surface area contributed by atoms with Gasteiger partial charge in [0.2, 0.25) is 5.91 Å². The van der Waals surface area contributed by atoms with Gasteiger partial charge in [0.1, 0.15) is 0 Å². The van der Waals surface area contributed by atoms with Crippen molar-refractivity contribution in [3.8, 4) is 0 Å². The average molecular weight is 241 g/mol. The van der Waals surface area contributed by atoms with E-state index in [4.69, 9.17) is 0 Å². The molecule has 3 rings (SSSR count). The molecule has 0 aromatic heterocycles. The standard InChI is InChI=1S/C16H19NO/c18-16(14-7-2-1-3-8-14)17-11-10-13-6-4-5-9-15(13)12-17/h1-2,4-6,9,14H,3,7-8,10-12H2/t14-/m1/s1.